The molecule has 1 aliphatic rings. The van der Waals surface area contributed by atoms with E-state index in [9.17, 15) is 19.5 Å². The molecule has 1 aliphatic heterocycles. The van der Waals surface area contributed by atoms with Crippen LogP contribution in [0.3, 0.4) is 0 Å². The summed E-state index contributed by atoms with van der Waals surface area (Å²) in [5.41, 5.74) is 0.482. The Morgan fingerprint density at radius 3 is 2.79 bits per heavy atom. The second-order valence-corrected chi connectivity index (χ2v) is 5.63. The first-order chi connectivity index (χ1) is 11.5. The molecule has 24 heavy (non-hydrogen) atoms. The lowest BCUT2D eigenvalue weighted by Gasteiger charge is -2.32. The molecule has 1 aromatic carbocycles. The maximum absolute atomic E-state index is 12.7. The fourth-order valence-corrected chi connectivity index (χ4v) is 2.73. The lowest BCUT2D eigenvalue weighted by Crippen LogP contribution is -2.44. The molecule has 0 bridgehead atoms. The van der Waals surface area contributed by atoms with Crippen LogP contribution in [0.5, 0.6) is 5.75 Å². The van der Waals surface area contributed by atoms with Crippen LogP contribution >= 0.6 is 0 Å². The number of carbonyl (C=O) groups is 3. The number of piperidine rings is 1. The Balaban J connectivity index is 2.19. The van der Waals surface area contributed by atoms with E-state index in [0.29, 0.717) is 18.8 Å². The van der Waals surface area contributed by atoms with Gasteiger partial charge in [-0.15, -0.1) is 0 Å². The molecule has 7 heteroatoms. The van der Waals surface area contributed by atoms with Crippen molar-refractivity contribution in [1.82, 2.24) is 10.2 Å². The van der Waals surface area contributed by atoms with Gasteiger partial charge in [-0.25, -0.2) is 0 Å². The van der Waals surface area contributed by atoms with Crippen molar-refractivity contribution in [1.29, 1.82) is 0 Å². The lowest BCUT2D eigenvalue weighted by molar-refractivity contribution is -0.125. The van der Waals surface area contributed by atoms with Gasteiger partial charge in [0.2, 0.25) is 11.8 Å². The molecule has 0 spiro atoms. The van der Waals surface area contributed by atoms with E-state index in [2.05, 4.69) is 17.2 Å². The van der Waals surface area contributed by atoms with Gasteiger partial charge in [-0.05, 0) is 37.1 Å². The van der Waals surface area contributed by atoms with Crippen molar-refractivity contribution in [3.8, 4) is 5.75 Å². The predicted molar refractivity (Wildman–Crippen MR) is 89.6 cm³/mol. The van der Waals surface area contributed by atoms with Gasteiger partial charge in [0, 0.05) is 25.8 Å². The van der Waals surface area contributed by atoms with Crippen molar-refractivity contribution in [2.75, 3.05) is 25.5 Å². The zero-order valence-electron chi connectivity index (χ0n) is 13.5. The number of hydrogen-bond acceptors (Lipinski definition) is 4. The zero-order valence-corrected chi connectivity index (χ0v) is 13.5. The normalized spacial score (nSPS) is 17.0. The van der Waals surface area contributed by atoms with Crippen molar-refractivity contribution >= 4 is 23.4 Å². The Morgan fingerprint density at radius 1 is 1.38 bits per heavy atom. The van der Waals surface area contributed by atoms with Crippen LogP contribution in [0, 0.1) is 5.92 Å². The fraction of sp³-hybridized carbons (Fsp3) is 0.353. The van der Waals surface area contributed by atoms with Crippen LogP contribution in [0.25, 0.3) is 0 Å². The van der Waals surface area contributed by atoms with Crippen LogP contribution in [-0.2, 0) is 9.59 Å². The number of aromatic hydroxyl groups is 1. The van der Waals surface area contributed by atoms with E-state index in [1.165, 1.54) is 18.2 Å². The molecule has 0 aliphatic carbocycles. The lowest BCUT2D eigenvalue weighted by atomic mass is 9.96. The van der Waals surface area contributed by atoms with E-state index in [-0.39, 0.29) is 29.0 Å². The van der Waals surface area contributed by atoms with Crippen LogP contribution in [0.4, 0.5) is 5.69 Å². The van der Waals surface area contributed by atoms with Crippen LogP contribution in [0.2, 0.25) is 0 Å². The summed E-state index contributed by atoms with van der Waals surface area (Å²) in [6.45, 7) is 4.19. The van der Waals surface area contributed by atoms with E-state index in [4.69, 9.17) is 0 Å². The van der Waals surface area contributed by atoms with Crippen molar-refractivity contribution in [2.45, 2.75) is 12.8 Å². The second kappa shape index (κ2) is 7.63. The van der Waals surface area contributed by atoms with E-state index in [1.807, 2.05) is 0 Å². The summed E-state index contributed by atoms with van der Waals surface area (Å²) in [5.74, 6) is -1.28. The van der Waals surface area contributed by atoms with Crippen LogP contribution in [0.1, 0.15) is 23.2 Å². The molecule has 3 amide bonds. The highest BCUT2D eigenvalue weighted by Gasteiger charge is 2.29. The minimum atomic E-state index is -0.406. The quantitative estimate of drug-likeness (QED) is 0.568. The number of carbonyl (C=O) groups excluding carboxylic acids is 3. The first-order valence-corrected chi connectivity index (χ1v) is 7.73. The first kappa shape index (κ1) is 17.5. The minimum Gasteiger partial charge on any atom is -0.507 e. The molecule has 3 N–H and O–H groups in total. The van der Waals surface area contributed by atoms with Crippen molar-refractivity contribution in [2.24, 2.45) is 5.92 Å². The maximum atomic E-state index is 12.7. The summed E-state index contributed by atoms with van der Waals surface area (Å²) in [6, 6.07) is 4.27. The molecule has 0 aromatic heterocycles. The molecule has 0 saturated carbocycles. The van der Waals surface area contributed by atoms with E-state index >= 15 is 0 Å². The Morgan fingerprint density at radius 2 is 2.12 bits per heavy atom. The Labute approximate surface area is 140 Å². The molecular formula is C17H21N3O4. The van der Waals surface area contributed by atoms with E-state index in [1.54, 1.807) is 11.9 Å². The highest BCUT2D eigenvalue weighted by Crippen LogP contribution is 2.25. The number of hydrogen-bond donors (Lipinski definition) is 3. The van der Waals surface area contributed by atoms with E-state index in [0.717, 1.165) is 18.9 Å². The smallest absolute Gasteiger partial charge is 0.257 e. The van der Waals surface area contributed by atoms with Gasteiger partial charge in [0.15, 0.2) is 0 Å². The van der Waals surface area contributed by atoms with Gasteiger partial charge in [-0.1, -0.05) is 6.58 Å². The molecule has 128 valence electrons. The van der Waals surface area contributed by atoms with Gasteiger partial charge in [0.1, 0.15) is 5.75 Å². The van der Waals surface area contributed by atoms with Gasteiger partial charge in [-0.3, -0.25) is 14.4 Å². The van der Waals surface area contributed by atoms with Crippen molar-refractivity contribution < 1.29 is 19.5 Å². The van der Waals surface area contributed by atoms with Gasteiger partial charge >= 0.3 is 0 Å². The number of likely N-dealkylation sites (tertiary alicyclic amines) is 1. The van der Waals surface area contributed by atoms with Gasteiger partial charge < -0.3 is 20.6 Å². The second-order valence-electron chi connectivity index (χ2n) is 5.63. The van der Waals surface area contributed by atoms with Gasteiger partial charge in [0.05, 0.1) is 11.5 Å². The monoisotopic (exact) mass is 331 g/mol. The number of phenolic OH excluding ortho intramolecular Hbond substituents is 1. The van der Waals surface area contributed by atoms with Crippen LogP contribution < -0.4 is 10.6 Å². The standard InChI is InChI=1S/C17H21N3O4/c1-3-15(22)19-12-6-7-14(21)13(9-12)17(24)20-8-4-5-11(10-20)16(23)18-2/h3,6-7,9,11,21H,1,4-5,8,10H2,2H3,(H,18,23)(H,19,22). The number of anilines is 1. The number of nitrogens with one attached hydrogen (secondary N) is 2. The third-order valence-corrected chi connectivity index (χ3v) is 4.01. The summed E-state index contributed by atoms with van der Waals surface area (Å²) < 4.78 is 0. The summed E-state index contributed by atoms with van der Waals surface area (Å²) in [7, 11) is 1.57. The van der Waals surface area contributed by atoms with Crippen molar-refractivity contribution in [3.05, 3.63) is 36.4 Å². The average Bonchev–Trinajstić information content (AvgIpc) is 2.62. The minimum absolute atomic E-state index is 0.0921. The molecule has 1 saturated heterocycles. The van der Waals surface area contributed by atoms with Crippen LogP contribution in [-0.4, -0.2) is 47.9 Å². The number of benzene rings is 1. The SMILES string of the molecule is C=CC(=O)Nc1ccc(O)c(C(=O)N2CCCC(C(=O)NC)C2)c1. The first-order valence-electron chi connectivity index (χ1n) is 7.73. The van der Waals surface area contributed by atoms with Crippen molar-refractivity contribution in [3.63, 3.8) is 0 Å². The Bertz CT molecular complexity index is 672. The highest BCUT2D eigenvalue weighted by atomic mass is 16.3. The van der Waals surface area contributed by atoms with Crippen LogP contribution in [0.15, 0.2) is 30.9 Å². The van der Waals surface area contributed by atoms with Gasteiger partial charge in [-0.2, -0.15) is 0 Å². The summed E-state index contributed by atoms with van der Waals surface area (Å²) in [4.78, 5) is 37.4. The Kier molecular flexibility index (Phi) is 5.57. The topological polar surface area (TPSA) is 98.7 Å². The largest absolute Gasteiger partial charge is 0.507 e. The molecule has 1 aromatic rings. The van der Waals surface area contributed by atoms with E-state index < -0.39 is 5.91 Å². The number of amides is 3. The molecule has 1 atom stereocenters. The third-order valence-electron chi connectivity index (χ3n) is 4.01. The predicted octanol–water partition coefficient (Wildman–Crippen LogP) is 1.11. The Hall–Kier alpha value is -2.83. The molecular weight excluding hydrogens is 310 g/mol. The zero-order chi connectivity index (χ0) is 17.7. The molecule has 1 heterocycles. The van der Waals surface area contributed by atoms with Gasteiger partial charge in [0.25, 0.3) is 5.91 Å². The fourth-order valence-electron chi connectivity index (χ4n) is 2.73. The summed E-state index contributed by atoms with van der Waals surface area (Å²) in [5, 5.41) is 15.1. The molecule has 2 rings (SSSR count). The third kappa shape index (κ3) is 3.92. The average molecular weight is 331 g/mol. The number of phenols is 1. The summed E-state index contributed by atoms with van der Waals surface area (Å²) >= 11 is 0. The molecule has 7 nitrogen and oxygen atoms in total. The highest BCUT2D eigenvalue weighted by molar-refractivity contribution is 6.02. The number of nitrogens with zero attached hydrogens (tertiary/aromatic N) is 1. The molecule has 1 fully saturated rings. The molecule has 0 radical (unpaired) electrons. The maximum Gasteiger partial charge on any atom is 0.257 e. The molecule has 1 unspecified atom stereocenters. The number of rotatable bonds is 4. The summed E-state index contributed by atoms with van der Waals surface area (Å²) in [6.07, 6.45) is 2.56.